The highest BCUT2D eigenvalue weighted by atomic mass is 35.5. The molecule has 0 saturated heterocycles. The summed E-state index contributed by atoms with van der Waals surface area (Å²) in [6, 6.07) is 13.2. The van der Waals surface area contributed by atoms with Crippen molar-refractivity contribution in [1.29, 1.82) is 0 Å². The Hall–Kier alpha value is -2.76. The average Bonchev–Trinajstić information content (AvgIpc) is 2.65. The number of rotatable bonds is 3. The first-order valence-electron chi connectivity index (χ1n) is 7.70. The fraction of sp³-hybridized carbons (Fsp3) is 0. The van der Waals surface area contributed by atoms with E-state index in [-0.39, 0.29) is 5.02 Å². The standard InChI is InChI=1S/C19H11Cl2FN4/c20-12-3-5-16-14(8-12)19(25-17-6-4-13(22)9-15(17)21)26-18(24-16)11-2-1-7-23-10-11/h1-10H,(H,24,25,26). The van der Waals surface area contributed by atoms with Crippen molar-refractivity contribution in [1.82, 2.24) is 15.0 Å². The smallest absolute Gasteiger partial charge is 0.163 e. The van der Waals surface area contributed by atoms with Gasteiger partial charge in [-0.3, -0.25) is 4.98 Å². The lowest BCUT2D eigenvalue weighted by Gasteiger charge is -2.12. The fourth-order valence-corrected chi connectivity index (χ4v) is 2.93. The van der Waals surface area contributed by atoms with E-state index < -0.39 is 5.82 Å². The van der Waals surface area contributed by atoms with Gasteiger partial charge in [-0.05, 0) is 48.5 Å². The molecule has 7 heteroatoms. The van der Waals surface area contributed by atoms with Gasteiger partial charge in [-0.15, -0.1) is 0 Å². The van der Waals surface area contributed by atoms with Crippen molar-refractivity contribution in [2.75, 3.05) is 5.32 Å². The summed E-state index contributed by atoms with van der Waals surface area (Å²) in [5.74, 6) is 0.616. The number of benzene rings is 2. The van der Waals surface area contributed by atoms with Gasteiger partial charge in [0.05, 0.1) is 16.2 Å². The molecule has 0 bridgehead atoms. The molecule has 0 aliphatic heterocycles. The van der Waals surface area contributed by atoms with E-state index in [4.69, 9.17) is 23.2 Å². The lowest BCUT2D eigenvalue weighted by Crippen LogP contribution is -2.00. The van der Waals surface area contributed by atoms with Crippen LogP contribution >= 0.6 is 23.2 Å². The molecule has 0 atom stereocenters. The van der Waals surface area contributed by atoms with E-state index in [0.717, 1.165) is 10.9 Å². The SMILES string of the molecule is Fc1ccc(Nc2nc(-c3cccnc3)nc3ccc(Cl)cc23)c(Cl)c1. The van der Waals surface area contributed by atoms with Gasteiger partial charge in [0.2, 0.25) is 0 Å². The number of halogens is 3. The number of nitrogens with one attached hydrogen (secondary N) is 1. The second-order valence-electron chi connectivity index (χ2n) is 5.55. The molecule has 0 saturated carbocycles. The fourth-order valence-electron chi connectivity index (χ4n) is 2.54. The number of fused-ring (bicyclic) bond motifs is 1. The van der Waals surface area contributed by atoms with E-state index in [1.165, 1.54) is 12.1 Å². The summed E-state index contributed by atoms with van der Waals surface area (Å²) in [5.41, 5.74) is 2.02. The Kier molecular flexibility index (Phi) is 4.41. The van der Waals surface area contributed by atoms with Crippen molar-refractivity contribution in [2.24, 2.45) is 0 Å². The summed E-state index contributed by atoms with van der Waals surface area (Å²) in [6.07, 6.45) is 3.37. The van der Waals surface area contributed by atoms with Gasteiger partial charge in [-0.25, -0.2) is 14.4 Å². The van der Waals surface area contributed by atoms with Crippen molar-refractivity contribution in [3.63, 3.8) is 0 Å². The highest BCUT2D eigenvalue weighted by Crippen LogP contribution is 2.31. The van der Waals surface area contributed by atoms with Gasteiger partial charge in [0.1, 0.15) is 11.6 Å². The maximum Gasteiger partial charge on any atom is 0.163 e. The van der Waals surface area contributed by atoms with Crippen LogP contribution in [0.3, 0.4) is 0 Å². The summed E-state index contributed by atoms with van der Waals surface area (Å²) in [6.45, 7) is 0. The van der Waals surface area contributed by atoms with Gasteiger partial charge in [0, 0.05) is 28.4 Å². The molecular weight excluding hydrogens is 374 g/mol. The third-order valence-electron chi connectivity index (χ3n) is 3.76. The Morgan fingerprint density at radius 3 is 2.62 bits per heavy atom. The average molecular weight is 385 g/mol. The molecule has 0 radical (unpaired) electrons. The molecule has 4 rings (SSSR count). The van der Waals surface area contributed by atoms with Crippen LogP contribution < -0.4 is 5.32 Å². The van der Waals surface area contributed by atoms with Gasteiger partial charge in [-0.1, -0.05) is 23.2 Å². The molecule has 0 spiro atoms. The number of pyridine rings is 1. The summed E-state index contributed by atoms with van der Waals surface area (Å²) < 4.78 is 13.3. The molecular formula is C19H11Cl2FN4. The van der Waals surface area contributed by atoms with Crippen molar-refractivity contribution < 1.29 is 4.39 Å². The van der Waals surface area contributed by atoms with Gasteiger partial charge in [0.15, 0.2) is 5.82 Å². The minimum absolute atomic E-state index is 0.252. The van der Waals surface area contributed by atoms with Crippen molar-refractivity contribution in [3.8, 4) is 11.4 Å². The third kappa shape index (κ3) is 3.31. The molecule has 0 amide bonds. The molecule has 128 valence electrons. The maximum absolute atomic E-state index is 13.3. The van der Waals surface area contributed by atoms with Gasteiger partial charge < -0.3 is 5.32 Å². The lowest BCUT2D eigenvalue weighted by atomic mass is 10.2. The first-order valence-corrected chi connectivity index (χ1v) is 8.45. The molecule has 1 N–H and O–H groups in total. The van der Waals surface area contributed by atoms with Gasteiger partial charge >= 0.3 is 0 Å². The van der Waals surface area contributed by atoms with Crippen molar-refractivity contribution in [2.45, 2.75) is 0 Å². The Balaban J connectivity index is 1.89. The third-order valence-corrected chi connectivity index (χ3v) is 4.31. The molecule has 0 aliphatic carbocycles. The predicted molar refractivity (Wildman–Crippen MR) is 102 cm³/mol. The minimum Gasteiger partial charge on any atom is -0.338 e. The van der Waals surface area contributed by atoms with E-state index in [2.05, 4.69) is 20.3 Å². The Morgan fingerprint density at radius 1 is 0.962 bits per heavy atom. The van der Waals surface area contributed by atoms with E-state index in [1.807, 2.05) is 18.2 Å². The second kappa shape index (κ2) is 6.86. The lowest BCUT2D eigenvalue weighted by molar-refractivity contribution is 0.628. The van der Waals surface area contributed by atoms with Crippen LogP contribution in [0.5, 0.6) is 0 Å². The summed E-state index contributed by atoms with van der Waals surface area (Å²) in [5, 5.41) is 4.69. The van der Waals surface area contributed by atoms with E-state index in [0.29, 0.717) is 27.9 Å². The number of nitrogens with zero attached hydrogens (tertiary/aromatic N) is 3. The number of hydrogen-bond donors (Lipinski definition) is 1. The molecule has 2 aromatic carbocycles. The summed E-state index contributed by atoms with van der Waals surface area (Å²) in [7, 11) is 0. The first-order chi connectivity index (χ1) is 12.6. The van der Waals surface area contributed by atoms with E-state index in [9.17, 15) is 4.39 Å². The predicted octanol–water partition coefficient (Wildman–Crippen LogP) is 5.88. The second-order valence-corrected chi connectivity index (χ2v) is 6.39. The maximum atomic E-state index is 13.3. The quantitative estimate of drug-likeness (QED) is 0.478. The molecule has 4 nitrogen and oxygen atoms in total. The highest BCUT2D eigenvalue weighted by molar-refractivity contribution is 6.33. The van der Waals surface area contributed by atoms with Crippen LogP contribution in [-0.2, 0) is 0 Å². The minimum atomic E-state index is -0.410. The molecule has 0 unspecified atom stereocenters. The first kappa shape index (κ1) is 16.7. The molecule has 0 aliphatic rings. The Bertz CT molecular complexity index is 1100. The topological polar surface area (TPSA) is 50.7 Å². The summed E-state index contributed by atoms with van der Waals surface area (Å²) >= 11 is 12.3. The summed E-state index contributed by atoms with van der Waals surface area (Å²) in [4.78, 5) is 13.3. The Morgan fingerprint density at radius 2 is 1.85 bits per heavy atom. The van der Waals surface area contributed by atoms with E-state index >= 15 is 0 Å². The number of anilines is 2. The molecule has 26 heavy (non-hydrogen) atoms. The van der Waals surface area contributed by atoms with E-state index in [1.54, 1.807) is 30.6 Å². The molecule has 2 aromatic heterocycles. The zero-order chi connectivity index (χ0) is 18.1. The van der Waals surface area contributed by atoms with Crippen LogP contribution in [0.25, 0.3) is 22.3 Å². The van der Waals surface area contributed by atoms with Crippen LogP contribution in [0, 0.1) is 5.82 Å². The number of hydrogen-bond acceptors (Lipinski definition) is 4. The molecule has 4 aromatic rings. The van der Waals surface area contributed by atoms with Crippen molar-refractivity contribution in [3.05, 3.63) is 76.8 Å². The van der Waals surface area contributed by atoms with Crippen LogP contribution in [0.4, 0.5) is 15.9 Å². The zero-order valence-electron chi connectivity index (χ0n) is 13.2. The van der Waals surface area contributed by atoms with Crippen LogP contribution in [0.15, 0.2) is 60.9 Å². The highest BCUT2D eigenvalue weighted by Gasteiger charge is 2.12. The van der Waals surface area contributed by atoms with Gasteiger partial charge in [0.25, 0.3) is 0 Å². The van der Waals surface area contributed by atoms with Crippen LogP contribution in [-0.4, -0.2) is 15.0 Å². The monoisotopic (exact) mass is 384 g/mol. The zero-order valence-corrected chi connectivity index (χ0v) is 14.8. The van der Waals surface area contributed by atoms with Crippen molar-refractivity contribution >= 4 is 45.6 Å². The normalized spacial score (nSPS) is 10.9. The van der Waals surface area contributed by atoms with Crippen LogP contribution in [0.1, 0.15) is 0 Å². The molecule has 2 heterocycles. The van der Waals surface area contributed by atoms with Crippen LogP contribution in [0.2, 0.25) is 10.0 Å². The largest absolute Gasteiger partial charge is 0.338 e. The number of aromatic nitrogens is 3. The molecule has 0 fully saturated rings. The van der Waals surface area contributed by atoms with Gasteiger partial charge in [-0.2, -0.15) is 0 Å². The Labute approximate surface area is 158 Å².